The second-order valence-corrected chi connectivity index (χ2v) is 1.54. The van der Waals surface area contributed by atoms with Crippen LogP contribution in [-0.2, 0) is 0 Å². The summed E-state index contributed by atoms with van der Waals surface area (Å²) in [6.07, 6.45) is 2.29. The highest BCUT2D eigenvalue weighted by Gasteiger charge is 2.10. The predicted octanol–water partition coefficient (Wildman–Crippen LogP) is 1.37. The Kier molecular flexibility index (Phi) is 1.22. The summed E-state index contributed by atoms with van der Waals surface area (Å²) < 4.78 is 4.50. The molecular weight excluding hydrogens is 122 g/mol. The normalized spacial score (nSPS) is 9.44. The monoisotopic (exact) mass is 126 g/mol. The first-order valence-electron chi connectivity index (χ1n) is 2.24. The van der Waals surface area contributed by atoms with Crippen LogP contribution in [0.3, 0.4) is 0 Å². The van der Waals surface area contributed by atoms with Crippen LogP contribution in [0.1, 0.15) is 5.56 Å². The smallest absolute Gasteiger partial charge is 0.310 e. The maximum atomic E-state index is 9.99. The molecule has 0 aromatic carbocycles. The lowest BCUT2D eigenvalue weighted by atomic mass is 10.3. The molecule has 0 saturated carbocycles. The lowest BCUT2D eigenvalue weighted by molar-refractivity contribution is -0.385. The summed E-state index contributed by atoms with van der Waals surface area (Å²) in [7, 11) is 0. The fraction of sp³-hybridized carbons (Fsp3) is 0. The highest BCUT2D eigenvalue weighted by molar-refractivity contribution is 5.36. The van der Waals surface area contributed by atoms with Gasteiger partial charge in [0.05, 0.1) is 10.5 Å². The average molecular weight is 126 g/mol. The summed E-state index contributed by atoms with van der Waals surface area (Å²) >= 11 is 0. The number of nitro groups is 1. The number of rotatable bonds is 1. The highest BCUT2D eigenvalue weighted by atomic mass is 16.6. The summed E-state index contributed by atoms with van der Waals surface area (Å²) in [4.78, 5) is 9.45. The van der Waals surface area contributed by atoms with Crippen molar-refractivity contribution in [3.63, 3.8) is 0 Å². The Morgan fingerprint density at radius 2 is 2.33 bits per heavy atom. The van der Waals surface area contributed by atoms with Gasteiger partial charge in [0.1, 0.15) is 6.26 Å². The van der Waals surface area contributed by atoms with Gasteiger partial charge in [0, 0.05) is 0 Å². The maximum Gasteiger partial charge on any atom is 0.310 e. The average Bonchev–Trinajstić information content (AvgIpc) is 2.13. The first kappa shape index (κ1) is 5.81. The van der Waals surface area contributed by atoms with Gasteiger partial charge >= 0.3 is 5.69 Å². The molecule has 0 fully saturated rings. The van der Waals surface area contributed by atoms with Gasteiger partial charge < -0.3 is 4.42 Å². The van der Waals surface area contributed by atoms with Gasteiger partial charge in [0.25, 0.3) is 0 Å². The van der Waals surface area contributed by atoms with E-state index in [9.17, 15) is 10.1 Å². The van der Waals surface area contributed by atoms with E-state index >= 15 is 0 Å². The molecule has 0 saturated heterocycles. The Balaban J connectivity index is 3.08. The van der Waals surface area contributed by atoms with Crippen LogP contribution in [0.2, 0.25) is 0 Å². The Labute approximate surface area is 51.2 Å². The molecule has 1 radical (unpaired) electrons. The third-order valence-corrected chi connectivity index (χ3v) is 0.916. The molecule has 0 aliphatic carbocycles. The number of hydrogen-bond acceptors (Lipinski definition) is 3. The van der Waals surface area contributed by atoms with Gasteiger partial charge in [-0.15, -0.1) is 0 Å². The molecule has 0 N–H and O–H groups in total. The van der Waals surface area contributed by atoms with Gasteiger partial charge in [0.2, 0.25) is 0 Å². The number of nitrogens with zero attached hydrogens (tertiary/aromatic N) is 1. The molecule has 0 amide bonds. The van der Waals surface area contributed by atoms with Crippen molar-refractivity contribution in [3.05, 3.63) is 35.1 Å². The van der Waals surface area contributed by atoms with Crippen LogP contribution in [0.25, 0.3) is 0 Å². The SMILES string of the molecule is [CH2]c1cocc1[N+](=O)[O-]. The van der Waals surface area contributed by atoms with Crippen LogP contribution in [-0.4, -0.2) is 4.92 Å². The zero-order chi connectivity index (χ0) is 6.85. The van der Waals surface area contributed by atoms with Crippen LogP contribution in [0.5, 0.6) is 0 Å². The van der Waals surface area contributed by atoms with Crippen LogP contribution < -0.4 is 0 Å². The summed E-state index contributed by atoms with van der Waals surface area (Å²) in [6.45, 7) is 3.37. The van der Waals surface area contributed by atoms with E-state index in [0.717, 1.165) is 6.26 Å². The second-order valence-electron chi connectivity index (χ2n) is 1.54. The molecule has 1 aromatic rings. The second kappa shape index (κ2) is 1.89. The lowest BCUT2D eigenvalue weighted by Gasteiger charge is -1.81. The molecule has 0 spiro atoms. The van der Waals surface area contributed by atoms with Crippen molar-refractivity contribution in [2.24, 2.45) is 0 Å². The number of hydrogen-bond donors (Lipinski definition) is 0. The van der Waals surface area contributed by atoms with Crippen LogP contribution in [0.15, 0.2) is 16.9 Å². The van der Waals surface area contributed by atoms with Crippen molar-refractivity contribution in [3.8, 4) is 0 Å². The van der Waals surface area contributed by atoms with Gasteiger partial charge in [0.15, 0.2) is 6.26 Å². The van der Waals surface area contributed by atoms with E-state index in [1.807, 2.05) is 0 Å². The van der Waals surface area contributed by atoms with E-state index < -0.39 is 4.92 Å². The number of furan rings is 1. The molecule has 4 nitrogen and oxygen atoms in total. The van der Waals surface area contributed by atoms with E-state index in [1.54, 1.807) is 0 Å². The molecule has 47 valence electrons. The first-order valence-corrected chi connectivity index (χ1v) is 2.24. The predicted molar refractivity (Wildman–Crippen MR) is 29.8 cm³/mol. The van der Waals surface area contributed by atoms with Crippen LogP contribution >= 0.6 is 0 Å². The molecule has 1 heterocycles. The van der Waals surface area contributed by atoms with E-state index in [0.29, 0.717) is 5.56 Å². The summed E-state index contributed by atoms with van der Waals surface area (Å²) in [5, 5.41) is 9.99. The quantitative estimate of drug-likeness (QED) is 0.421. The van der Waals surface area contributed by atoms with Gasteiger partial charge in [-0.1, -0.05) is 0 Å². The van der Waals surface area contributed by atoms with E-state index in [4.69, 9.17) is 0 Å². The molecule has 9 heavy (non-hydrogen) atoms. The summed E-state index contributed by atoms with van der Waals surface area (Å²) in [5.41, 5.74) is 0.231. The largest absolute Gasteiger partial charge is 0.465 e. The Hall–Kier alpha value is -1.32. The Bertz CT molecular complexity index is 228. The first-order chi connectivity index (χ1) is 4.22. The van der Waals surface area contributed by atoms with E-state index in [1.165, 1.54) is 6.26 Å². The van der Waals surface area contributed by atoms with Crippen LogP contribution in [0, 0.1) is 17.0 Å². The molecule has 4 heteroatoms. The fourth-order valence-electron chi connectivity index (χ4n) is 0.477. The molecule has 0 aliphatic rings. The molecule has 0 atom stereocenters. The van der Waals surface area contributed by atoms with Crippen molar-refractivity contribution < 1.29 is 9.34 Å². The van der Waals surface area contributed by atoms with Crippen molar-refractivity contribution in [2.75, 3.05) is 0 Å². The molecule has 0 bridgehead atoms. The lowest BCUT2D eigenvalue weighted by Crippen LogP contribution is -1.85. The highest BCUT2D eigenvalue weighted by Crippen LogP contribution is 2.16. The van der Waals surface area contributed by atoms with Crippen LogP contribution in [0.4, 0.5) is 5.69 Å². The Morgan fingerprint density at radius 3 is 2.56 bits per heavy atom. The van der Waals surface area contributed by atoms with Crippen molar-refractivity contribution in [1.29, 1.82) is 0 Å². The topological polar surface area (TPSA) is 56.3 Å². The minimum atomic E-state index is -0.536. The van der Waals surface area contributed by atoms with Gasteiger partial charge in [-0.3, -0.25) is 10.1 Å². The zero-order valence-electron chi connectivity index (χ0n) is 4.53. The third kappa shape index (κ3) is 0.910. The maximum absolute atomic E-state index is 9.99. The van der Waals surface area contributed by atoms with Crippen molar-refractivity contribution in [1.82, 2.24) is 0 Å². The minimum absolute atomic E-state index is 0.0741. The third-order valence-electron chi connectivity index (χ3n) is 0.916. The molecule has 1 aromatic heterocycles. The van der Waals surface area contributed by atoms with Gasteiger partial charge in [-0.2, -0.15) is 0 Å². The standard InChI is InChI=1S/C5H4NO3/c1-4-2-9-3-5(4)6(7)8/h2-3H,1H2. The Morgan fingerprint density at radius 1 is 1.67 bits per heavy atom. The van der Waals surface area contributed by atoms with E-state index in [-0.39, 0.29) is 5.69 Å². The van der Waals surface area contributed by atoms with Gasteiger partial charge in [-0.25, -0.2) is 0 Å². The molecule has 0 aliphatic heterocycles. The zero-order valence-corrected chi connectivity index (χ0v) is 4.53. The molecule has 1 rings (SSSR count). The molecule has 0 unspecified atom stereocenters. The van der Waals surface area contributed by atoms with Crippen molar-refractivity contribution in [2.45, 2.75) is 0 Å². The minimum Gasteiger partial charge on any atom is -0.465 e. The summed E-state index contributed by atoms with van der Waals surface area (Å²) in [5.74, 6) is 0. The molecular formula is C5H4NO3. The van der Waals surface area contributed by atoms with Crippen molar-refractivity contribution >= 4 is 5.69 Å². The van der Waals surface area contributed by atoms with E-state index in [2.05, 4.69) is 11.3 Å². The fourth-order valence-corrected chi connectivity index (χ4v) is 0.477. The van der Waals surface area contributed by atoms with Gasteiger partial charge in [-0.05, 0) is 6.92 Å². The summed E-state index contributed by atoms with van der Waals surface area (Å²) in [6, 6.07) is 0.